The minimum Gasteiger partial charge on any atom is -0.382 e. The topological polar surface area (TPSA) is 69.0 Å². The first-order valence-electron chi connectivity index (χ1n) is 8.70. The lowest BCUT2D eigenvalue weighted by Gasteiger charge is -2.14. The second kappa shape index (κ2) is 7.58. The Balaban J connectivity index is 2.21. The minimum absolute atomic E-state index is 0.140. The molecule has 1 aromatic carbocycles. The Morgan fingerprint density at radius 1 is 1.23 bits per heavy atom. The average Bonchev–Trinajstić information content (AvgIpc) is 2.92. The number of aromatic amines is 1. The summed E-state index contributed by atoms with van der Waals surface area (Å²) in [7, 11) is 1.65. The van der Waals surface area contributed by atoms with Gasteiger partial charge in [0.25, 0.3) is 11.1 Å². The van der Waals surface area contributed by atoms with Crippen LogP contribution in [0.3, 0.4) is 0 Å². The lowest BCUT2D eigenvalue weighted by Crippen LogP contribution is -2.23. The molecule has 1 N–H and O–H groups in total. The van der Waals surface area contributed by atoms with Crippen molar-refractivity contribution in [2.45, 2.75) is 19.9 Å². The molecule has 0 aliphatic carbocycles. The molecule has 6 heteroatoms. The number of rotatable bonds is 7. The first-order chi connectivity index (χ1) is 12.6. The molecule has 0 unspecified atom stereocenters. The summed E-state index contributed by atoms with van der Waals surface area (Å²) in [6, 6.07) is 9.16. The Morgan fingerprint density at radius 2 is 1.96 bits per heavy atom. The van der Waals surface area contributed by atoms with Gasteiger partial charge >= 0.3 is 0 Å². The van der Waals surface area contributed by atoms with Crippen LogP contribution in [-0.4, -0.2) is 27.6 Å². The van der Waals surface area contributed by atoms with Crippen LogP contribution in [0.4, 0.5) is 0 Å². The molecule has 0 bridgehead atoms. The number of pyridine rings is 1. The number of nitrogens with zero attached hydrogens (tertiary/aromatic N) is 2. The lowest BCUT2D eigenvalue weighted by atomic mass is 10.0. The van der Waals surface area contributed by atoms with Crippen molar-refractivity contribution in [3.63, 3.8) is 0 Å². The lowest BCUT2D eigenvalue weighted by molar-refractivity contribution is 0.141. The number of aryl methyl sites for hydroxylation is 1. The maximum atomic E-state index is 12.7. The van der Waals surface area contributed by atoms with Gasteiger partial charge in [-0.15, -0.1) is 0 Å². The fourth-order valence-electron chi connectivity index (χ4n) is 3.12. The average molecular weight is 353 g/mol. The highest BCUT2D eigenvalue weighted by Gasteiger charge is 2.17. The zero-order valence-electron chi connectivity index (χ0n) is 15.1. The Bertz CT molecular complexity index is 1040. The molecule has 0 amide bonds. The standard InChI is InChI=1S/C20H23N3O3/c1-4-14-7-9-15(10-8-14)19-18-16(21-22(3)20(18)25)13-17(24)23(19)11-6-12-26-5-2/h4,7-10,13,21H,1,5-6,11-12H2,2-3H3. The van der Waals surface area contributed by atoms with E-state index >= 15 is 0 Å². The van der Waals surface area contributed by atoms with Crippen molar-refractivity contribution in [3.05, 3.63) is 63.2 Å². The Labute approximate surface area is 151 Å². The molecule has 0 atom stereocenters. The van der Waals surface area contributed by atoms with E-state index in [0.29, 0.717) is 42.8 Å². The van der Waals surface area contributed by atoms with Crippen molar-refractivity contribution in [2.75, 3.05) is 13.2 Å². The van der Waals surface area contributed by atoms with E-state index < -0.39 is 0 Å². The van der Waals surface area contributed by atoms with Crippen LogP contribution < -0.4 is 11.1 Å². The molecule has 6 nitrogen and oxygen atoms in total. The quantitative estimate of drug-likeness (QED) is 0.664. The highest BCUT2D eigenvalue weighted by atomic mass is 16.5. The minimum atomic E-state index is -0.152. The van der Waals surface area contributed by atoms with Crippen molar-refractivity contribution in [1.82, 2.24) is 14.3 Å². The zero-order valence-corrected chi connectivity index (χ0v) is 15.1. The molecular formula is C20H23N3O3. The van der Waals surface area contributed by atoms with Crippen LogP contribution in [0.25, 0.3) is 28.2 Å². The first-order valence-corrected chi connectivity index (χ1v) is 8.70. The van der Waals surface area contributed by atoms with E-state index in [0.717, 1.165) is 11.1 Å². The van der Waals surface area contributed by atoms with E-state index in [1.165, 1.54) is 10.7 Å². The second-order valence-electron chi connectivity index (χ2n) is 6.12. The summed E-state index contributed by atoms with van der Waals surface area (Å²) in [5.74, 6) is 0. The smallest absolute Gasteiger partial charge is 0.276 e. The van der Waals surface area contributed by atoms with Crippen LogP contribution >= 0.6 is 0 Å². The van der Waals surface area contributed by atoms with Crippen LogP contribution in [0.15, 0.2) is 46.5 Å². The molecular weight excluding hydrogens is 330 g/mol. The molecule has 0 spiro atoms. The number of H-pyrrole nitrogens is 1. The molecule has 0 aliphatic heterocycles. The van der Waals surface area contributed by atoms with E-state index in [9.17, 15) is 9.59 Å². The molecule has 26 heavy (non-hydrogen) atoms. The first kappa shape index (κ1) is 17.9. The number of aromatic nitrogens is 3. The number of nitrogens with one attached hydrogen (secondary N) is 1. The van der Waals surface area contributed by atoms with E-state index in [2.05, 4.69) is 11.7 Å². The van der Waals surface area contributed by atoms with Gasteiger partial charge in [0.2, 0.25) is 0 Å². The van der Waals surface area contributed by atoms with Crippen LogP contribution in [0, 0.1) is 0 Å². The molecule has 3 aromatic rings. The normalized spacial score (nSPS) is 11.2. The van der Waals surface area contributed by atoms with E-state index in [1.54, 1.807) is 17.7 Å². The van der Waals surface area contributed by atoms with Gasteiger partial charge in [0.15, 0.2) is 0 Å². The van der Waals surface area contributed by atoms with Gasteiger partial charge in [-0.3, -0.25) is 19.4 Å². The highest BCUT2D eigenvalue weighted by Crippen LogP contribution is 2.25. The van der Waals surface area contributed by atoms with Gasteiger partial charge in [-0.1, -0.05) is 36.9 Å². The summed E-state index contributed by atoms with van der Waals surface area (Å²) >= 11 is 0. The number of hydrogen-bond acceptors (Lipinski definition) is 3. The molecule has 136 valence electrons. The number of fused-ring (bicyclic) bond motifs is 1. The molecule has 0 saturated carbocycles. The summed E-state index contributed by atoms with van der Waals surface area (Å²) in [4.78, 5) is 25.4. The van der Waals surface area contributed by atoms with Crippen LogP contribution in [0.2, 0.25) is 0 Å². The van der Waals surface area contributed by atoms with Crippen molar-refractivity contribution < 1.29 is 4.74 Å². The zero-order chi connectivity index (χ0) is 18.7. The van der Waals surface area contributed by atoms with Crippen LogP contribution in [-0.2, 0) is 18.3 Å². The maximum absolute atomic E-state index is 12.7. The SMILES string of the molecule is C=Cc1ccc(-c2c3c(=O)n(C)[nH]c3cc(=O)n2CCCOCC)cc1. The predicted molar refractivity (Wildman–Crippen MR) is 104 cm³/mol. The summed E-state index contributed by atoms with van der Waals surface area (Å²) < 4.78 is 8.45. The van der Waals surface area contributed by atoms with Crippen LogP contribution in [0.5, 0.6) is 0 Å². The largest absolute Gasteiger partial charge is 0.382 e. The number of ether oxygens (including phenoxy) is 1. The fraction of sp³-hybridized carbons (Fsp3) is 0.300. The second-order valence-corrected chi connectivity index (χ2v) is 6.12. The fourth-order valence-corrected chi connectivity index (χ4v) is 3.12. The maximum Gasteiger partial charge on any atom is 0.276 e. The van der Waals surface area contributed by atoms with Gasteiger partial charge in [-0.05, 0) is 24.5 Å². The summed E-state index contributed by atoms with van der Waals surface area (Å²) in [6.07, 6.45) is 2.45. The monoisotopic (exact) mass is 353 g/mol. The van der Waals surface area contributed by atoms with E-state index in [1.807, 2.05) is 31.2 Å². The molecule has 0 fully saturated rings. The van der Waals surface area contributed by atoms with Gasteiger partial charge in [0.1, 0.15) is 0 Å². The summed E-state index contributed by atoms with van der Waals surface area (Å²) in [5.41, 5.74) is 2.70. The molecule has 0 saturated heterocycles. The summed E-state index contributed by atoms with van der Waals surface area (Å²) in [6.45, 7) is 7.40. The third-order valence-electron chi connectivity index (χ3n) is 4.41. The van der Waals surface area contributed by atoms with Crippen LogP contribution in [0.1, 0.15) is 18.9 Å². The molecule has 0 aliphatic rings. The Hall–Kier alpha value is -2.86. The Morgan fingerprint density at radius 3 is 2.62 bits per heavy atom. The highest BCUT2D eigenvalue weighted by molar-refractivity contribution is 5.92. The molecule has 2 aromatic heterocycles. The van der Waals surface area contributed by atoms with E-state index in [4.69, 9.17) is 4.74 Å². The van der Waals surface area contributed by atoms with Gasteiger partial charge in [0, 0.05) is 32.9 Å². The van der Waals surface area contributed by atoms with Crippen molar-refractivity contribution in [1.29, 1.82) is 0 Å². The molecule has 0 radical (unpaired) electrons. The van der Waals surface area contributed by atoms with Gasteiger partial charge in [0.05, 0.1) is 16.6 Å². The Kier molecular flexibility index (Phi) is 5.23. The van der Waals surface area contributed by atoms with Gasteiger partial charge in [-0.2, -0.15) is 0 Å². The van der Waals surface area contributed by atoms with Crippen molar-refractivity contribution >= 4 is 17.0 Å². The number of benzene rings is 1. The van der Waals surface area contributed by atoms with Crippen molar-refractivity contribution in [2.24, 2.45) is 7.05 Å². The predicted octanol–water partition coefficient (Wildman–Crippen LogP) is 2.76. The molecule has 3 rings (SSSR count). The molecule has 2 heterocycles. The third-order valence-corrected chi connectivity index (χ3v) is 4.41. The summed E-state index contributed by atoms with van der Waals surface area (Å²) in [5, 5.41) is 3.48. The van der Waals surface area contributed by atoms with Gasteiger partial charge in [-0.25, -0.2) is 0 Å². The van der Waals surface area contributed by atoms with Crippen molar-refractivity contribution in [3.8, 4) is 11.3 Å². The number of hydrogen-bond donors (Lipinski definition) is 1. The van der Waals surface area contributed by atoms with E-state index in [-0.39, 0.29) is 11.1 Å². The van der Waals surface area contributed by atoms with Gasteiger partial charge < -0.3 is 9.30 Å². The third kappa shape index (κ3) is 3.28.